The van der Waals surface area contributed by atoms with Crippen molar-refractivity contribution >= 4 is 35.1 Å². The minimum absolute atomic E-state index is 0.0150. The lowest BCUT2D eigenvalue weighted by Crippen LogP contribution is -2.51. The molecule has 3 rings (SSSR count). The van der Waals surface area contributed by atoms with Crippen LogP contribution in [0, 0.1) is 11.6 Å². The van der Waals surface area contributed by atoms with Crippen molar-refractivity contribution < 1.29 is 23.5 Å². The number of halogens is 2. The van der Waals surface area contributed by atoms with Gasteiger partial charge in [-0.15, -0.1) is 5.10 Å². The Labute approximate surface area is 176 Å². The van der Waals surface area contributed by atoms with Gasteiger partial charge in [-0.25, -0.2) is 13.5 Å². The van der Waals surface area contributed by atoms with Crippen molar-refractivity contribution in [3.8, 4) is 5.69 Å². The largest absolute Gasteiger partial charge is 0.384 e. The standard InChI is InChI=1S/C18H20F2N6O3S/c1-11(28)18(29)25-4-2-24(3-5-25)17-14(19)6-13(7-15(17)20)26-9-12(22-23-26)8-21-16(30)10-27/h6-7,9-11,28H,2-5,8H2,1H3,(H,21,30). The molecular weight excluding hydrogens is 418 g/mol. The summed E-state index contributed by atoms with van der Waals surface area (Å²) < 4.78 is 30.7. The maximum absolute atomic E-state index is 14.7. The molecule has 2 N–H and O–H groups in total. The molecule has 0 aliphatic carbocycles. The summed E-state index contributed by atoms with van der Waals surface area (Å²) in [5.74, 6) is -1.94. The Balaban J connectivity index is 1.72. The Morgan fingerprint density at radius 3 is 2.50 bits per heavy atom. The van der Waals surface area contributed by atoms with Crippen molar-refractivity contribution in [1.82, 2.24) is 25.2 Å². The van der Waals surface area contributed by atoms with Gasteiger partial charge in [-0.2, -0.15) is 0 Å². The summed E-state index contributed by atoms with van der Waals surface area (Å²) >= 11 is 4.73. The SMILES string of the molecule is CC(O)C(=O)N1CCN(c2c(F)cc(-n3cc(CNC(=S)C=O)nn3)cc2F)CC1. The number of hydrogen-bond donors (Lipinski definition) is 2. The Morgan fingerprint density at radius 2 is 1.93 bits per heavy atom. The summed E-state index contributed by atoms with van der Waals surface area (Å²) in [5.41, 5.74) is 0.401. The molecule has 1 fully saturated rings. The lowest BCUT2D eigenvalue weighted by Gasteiger charge is -2.36. The van der Waals surface area contributed by atoms with Gasteiger partial charge in [0, 0.05) is 38.3 Å². The molecule has 9 nitrogen and oxygen atoms in total. The maximum Gasteiger partial charge on any atom is 0.251 e. The first-order chi connectivity index (χ1) is 14.3. The van der Waals surface area contributed by atoms with Gasteiger partial charge in [-0.05, 0) is 6.92 Å². The third-order valence-electron chi connectivity index (χ3n) is 4.62. The molecule has 1 saturated heterocycles. The molecular formula is C18H20F2N6O3S. The van der Waals surface area contributed by atoms with Crippen molar-refractivity contribution in [2.45, 2.75) is 19.6 Å². The highest BCUT2D eigenvalue weighted by molar-refractivity contribution is 7.81. The number of carbonyl (C=O) groups is 2. The van der Waals surface area contributed by atoms with Crippen LogP contribution in [0.25, 0.3) is 5.69 Å². The number of aliphatic hydroxyl groups excluding tert-OH is 1. The monoisotopic (exact) mass is 438 g/mol. The van der Waals surface area contributed by atoms with Crippen molar-refractivity contribution in [3.05, 3.63) is 35.7 Å². The predicted molar refractivity (Wildman–Crippen MR) is 107 cm³/mol. The minimum Gasteiger partial charge on any atom is -0.384 e. The first-order valence-electron chi connectivity index (χ1n) is 9.15. The Hall–Kier alpha value is -2.99. The van der Waals surface area contributed by atoms with Crippen LogP contribution in [0.1, 0.15) is 12.6 Å². The Morgan fingerprint density at radius 1 is 1.30 bits per heavy atom. The molecule has 0 saturated carbocycles. The summed E-state index contributed by atoms with van der Waals surface area (Å²) in [4.78, 5) is 25.4. The van der Waals surface area contributed by atoms with E-state index in [2.05, 4.69) is 15.6 Å². The molecule has 1 aromatic heterocycles. The Bertz CT molecular complexity index is 936. The van der Waals surface area contributed by atoms with Crippen LogP contribution >= 0.6 is 12.2 Å². The molecule has 2 aromatic rings. The molecule has 0 radical (unpaired) electrons. The van der Waals surface area contributed by atoms with Crippen LogP contribution in [0.15, 0.2) is 18.3 Å². The van der Waals surface area contributed by atoms with E-state index in [0.29, 0.717) is 12.0 Å². The van der Waals surface area contributed by atoms with Crippen molar-refractivity contribution in [2.24, 2.45) is 0 Å². The second-order valence-corrected chi connectivity index (χ2v) is 7.18. The van der Waals surface area contributed by atoms with Crippen molar-refractivity contribution in [2.75, 3.05) is 31.1 Å². The van der Waals surface area contributed by atoms with Gasteiger partial charge in [0.05, 0.1) is 18.4 Å². The van der Waals surface area contributed by atoms with Crippen LogP contribution in [-0.2, 0) is 16.1 Å². The number of hydrogen-bond acceptors (Lipinski definition) is 7. The fraction of sp³-hybridized carbons (Fsp3) is 0.389. The highest BCUT2D eigenvalue weighted by Gasteiger charge is 2.27. The average molecular weight is 438 g/mol. The van der Waals surface area contributed by atoms with Crippen molar-refractivity contribution in [1.29, 1.82) is 0 Å². The number of nitrogens with one attached hydrogen (secondary N) is 1. The summed E-state index contributed by atoms with van der Waals surface area (Å²) in [6.45, 7) is 2.52. The van der Waals surface area contributed by atoms with E-state index in [9.17, 15) is 23.5 Å². The van der Waals surface area contributed by atoms with Crippen LogP contribution in [-0.4, -0.2) is 74.5 Å². The maximum atomic E-state index is 14.7. The lowest BCUT2D eigenvalue weighted by molar-refractivity contribution is -0.139. The molecule has 12 heteroatoms. The second kappa shape index (κ2) is 9.22. The van der Waals surface area contributed by atoms with Gasteiger partial charge in [0.2, 0.25) is 0 Å². The van der Waals surface area contributed by atoms with E-state index >= 15 is 0 Å². The van der Waals surface area contributed by atoms with Crippen molar-refractivity contribution in [3.63, 3.8) is 0 Å². The minimum atomic E-state index is -1.11. The number of thiocarbonyl (C=S) groups is 1. The zero-order valence-electron chi connectivity index (χ0n) is 16.1. The van der Waals surface area contributed by atoms with E-state index in [1.807, 2.05) is 0 Å². The summed E-state index contributed by atoms with van der Waals surface area (Å²) in [5, 5.41) is 19.8. The van der Waals surface area contributed by atoms with Gasteiger partial charge in [0.15, 0.2) is 17.9 Å². The molecule has 160 valence electrons. The van der Waals surface area contributed by atoms with Gasteiger partial charge in [0.25, 0.3) is 5.91 Å². The third kappa shape index (κ3) is 4.76. The normalized spacial score (nSPS) is 15.1. The molecule has 1 aromatic carbocycles. The summed E-state index contributed by atoms with van der Waals surface area (Å²) in [6.07, 6.45) is 0.846. The van der Waals surface area contributed by atoms with Crippen LogP contribution in [0.3, 0.4) is 0 Å². The summed E-state index contributed by atoms with van der Waals surface area (Å²) in [6, 6.07) is 2.29. The fourth-order valence-electron chi connectivity index (χ4n) is 3.13. The zero-order chi connectivity index (χ0) is 21.8. The number of aromatic nitrogens is 3. The van der Waals surface area contributed by atoms with E-state index in [1.165, 1.54) is 27.6 Å². The van der Waals surface area contributed by atoms with Crippen LogP contribution in [0.5, 0.6) is 0 Å². The number of benzene rings is 1. The number of anilines is 1. The topological polar surface area (TPSA) is 104 Å². The number of rotatable bonds is 6. The van der Waals surface area contributed by atoms with E-state index in [1.54, 1.807) is 0 Å². The van der Waals surface area contributed by atoms with Gasteiger partial charge >= 0.3 is 0 Å². The molecule has 1 unspecified atom stereocenters. The molecule has 0 bridgehead atoms. The highest BCUT2D eigenvalue weighted by atomic mass is 32.1. The second-order valence-electron chi connectivity index (χ2n) is 6.74. The molecule has 1 amide bonds. The first kappa shape index (κ1) is 21.7. The predicted octanol–water partition coefficient (Wildman–Crippen LogP) is 0.191. The molecule has 2 heterocycles. The number of aldehydes is 1. The lowest BCUT2D eigenvalue weighted by atomic mass is 10.2. The highest BCUT2D eigenvalue weighted by Crippen LogP contribution is 2.27. The Kier molecular flexibility index (Phi) is 6.67. The number of carbonyl (C=O) groups excluding carboxylic acids is 2. The van der Waals surface area contributed by atoms with Gasteiger partial charge < -0.3 is 20.2 Å². The molecule has 0 spiro atoms. The molecule has 1 aliphatic heterocycles. The van der Waals surface area contributed by atoms with Gasteiger partial charge in [-0.1, -0.05) is 17.4 Å². The number of amides is 1. The van der Waals surface area contributed by atoms with E-state index in [0.717, 1.165) is 12.1 Å². The van der Waals surface area contributed by atoms with Crippen LogP contribution in [0.4, 0.5) is 14.5 Å². The number of piperazine rings is 1. The van der Waals surface area contributed by atoms with Crippen LogP contribution in [0.2, 0.25) is 0 Å². The van der Waals surface area contributed by atoms with E-state index in [-0.39, 0.29) is 49.1 Å². The average Bonchev–Trinajstić information content (AvgIpc) is 3.20. The fourth-order valence-corrected chi connectivity index (χ4v) is 3.20. The summed E-state index contributed by atoms with van der Waals surface area (Å²) in [7, 11) is 0. The number of nitrogens with zero attached hydrogens (tertiary/aromatic N) is 5. The molecule has 30 heavy (non-hydrogen) atoms. The molecule has 1 atom stereocenters. The van der Waals surface area contributed by atoms with Crippen LogP contribution < -0.4 is 10.2 Å². The van der Waals surface area contributed by atoms with E-state index < -0.39 is 23.6 Å². The third-order valence-corrected chi connectivity index (χ3v) is 4.86. The van der Waals surface area contributed by atoms with Gasteiger partial charge in [0.1, 0.15) is 22.5 Å². The quantitative estimate of drug-likeness (QED) is 0.487. The first-order valence-corrected chi connectivity index (χ1v) is 9.56. The van der Waals surface area contributed by atoms with E-state index in [4.69, 9.17) is 12.2 Å². The van der Waals surface area contributed by atoms with Gasteiger partial charge in [-0.3, -0.25) is 9.59 Å². The zero-order valence-corrected chi connectivity index (χ0v) is 16.9. The number of aliphatic hydroxyl groups is 1. The smallest absolute Gasteiger partial charge is 0.251 e. The molecule has 1 aliphatic rings.